The predicted octanol–water partition coefficient (Wildman–Crippen LogP) is 4.65. The van der Waals surface area contributed by atoms with E-state index in [1.54, 1.807) is 0 Å². The molecule has 2 heterocycles. The number of ether oxygens (including phenoxy) is 1. The summed E-state index contributed by atoms with van der Waals surface area (Å²) in [5.74, 6) is -2.89. The largest absolute Gasteiger partial charge is 0.573 e. The number of carbonyl (C=O) groups is 1. The second kappa shape index (κ2) is 7.49. The molecule has 3 aromatic rings. The molecule has 4 rings (SSSR count). The van der Waals surface area contributed by atoms with Crippen LogP contribution in [0, 0.1) is 11.6 Å². The van der Waals surface area contributed by atoms with Gasteiger partial charge >= 0.3 is 6.36 Å². The van der Waals surface area contributed by atoms with Crippen LogP contribution in [-0.2, 0) is 6.54 Å². The molecule has 6 nitrogen and oxygen atoms in total. The Morgan fingerprint density at radius 2 is 1.65 bits per heavy atom. The topological polar surface area (TPSA) is 67.3 Å². The first-order chi connectivity index (χ1) is 14.6. The van der Waals surface area contributed by atoms with Crippen LogP contribution in [0.25, 0.3) is 11.4 Å². The molecule has 31 heavy (non-hydrogen) atoms. The number of anilines is 2. The molecule has 0 fully saturated rings. The highest BCUT2D eigenvalue weighted by molar-refractivity contribution is 6.02. The highest BCUT2D eigenvalue weighted by atomic mass is 19.4. The minimum atomic E-state index is -4.84. The van der Waals surface area contributed by atoms with Crippen LogP contribution in [0.4, 0.5) is 33.5 Å². The summed E-state index contributed by atoms with van der Waals surface area (Å²) in [6, 6.07) is 8.01. The van der Waals surface area contributed by atoms with Crippen molar-refractivity contribution in [2.24, 2.45) is 0 Å². The zero-order valence-corrected chi connectivity index (χ0v) is 15.8. The molecule has 0 bridgehead atoms. The average Bonchev–Trinajstić information content (AvgIpc) is 2.96. The maximum atomic E-state index is 14.3. The molecule has 0 spiro atoms. The van der Waals surface area contributed by atoms with Gasteiger partial charge < -0.3 is 15.0 Å². The van der Waals surface area contributed by atoms with Crippen LogP contribution in [0.2, 0.25) is 0 Å². The predicted molar refractivity (Wildman–Crippen MR) is 99.6 cm³/mol. The van der Waals surface area contributed by atoms with Gasteiger partial charge in [0.15, 0.2) is 5.82 Å². The van der Waals surface area contributed by atoms with Crippen LogP contribution in [-0.4, -0.2) is 34.2 Å². The third-order valence-corrected chi connectivity index (χ3v) is 4.47. The van der Waals surface area contributed by atoms with E-state index in [-0.39, 0.29) is 35.1 Å². The van der Waals surface area contributed by atoms with Crippen LogP contribution >= 0.6 is 0 Å². The number of fused-ring (bicyclic) bond motifs is 1. The van der Waals surface area contributed by atoms with Crippen LogP contribution in [0.5, 0.6) is 5.75 Å². The lowest BCUT2D eigenvalue weighted by atomic mass is 10.1. The van der Waals surface area contributed by atoms with Gasteiger partial charge in [0.25, 0.3) is 5.91 Å². The van der Waals surface area contributed by atoms with E-state index in [0.29, 0.717) is 0 Å². The summed E-state index contributed by atoms with van der Waals surface area (Å²) >= 11 is 0. The van der Waals surface area contributed by atoms with Gasteiger partial charge in [0.1, 0.15) is 28.8 Å². The molecule has 0 saturated heterocycles. The van der Waals surface area contributed by atoms with Crippen LogP contribution in [0.1, 0.15) is 16.1 Å². The lowest BCUT2D eigenvalue weighted by molar-refractivity contribution is -0.274. The number of nitrogens with one attached hydrogen (secondary N) is 1. The Kier molecular flexibility index (Phi) is 4.96. The van der Waals surface area contributed by atoms with Gasteiger partial charge in [-0.2, -0.15) is 0 Å². The number of nitrogens with zero attached hydrogens (tertiary/aromatic N) is 3. The second-order valence-electron chi connectivity index (χ2n) is 6.67. The lowest BCUT2D eigenvalue weighted by Gasteiger charge is -2.13. The maximum Gasteiger partial charge on any atom is 0.573 e. The van der Waals surface area contributed by atoms with E-state index >= 15 is 0 Å². The van der Waals surface area contributed by atoms with Gasteiger partial charge in [-0.05, 0) is 36.4 Å². The van der Waals surface area contributed by atoms with Gasteiger partial charge in [-0.3, -0.25) is 4.79 Å². The van der Waals surface area contributed by atoms with Crippen molar-refractivity contribution < 1.29 is 31.5 Å². The fraction of sp³-hybridized carbons (Fsp3) is 0.150. The van der Waals surface area contributed by atoms with E-state index in [9.17, 15) is 26.7 Å². The number of benzene rings is 2. The average molecular weight is 436 g/mol. The summed E-state index contributed by atoms with van der Waals surface area (Å²) in [6.45, 7) is 0.104. The van der Waals surface area contributed by atoms with Crippen LogP contribution in [0.3, 0.4) is 0 Å². The molecule has 160 valence electrons. The summed E-state index contributed by atoms with van der Waals surface area (Å²) in [5, 5.41) is 2.81. The zero-order valence-electron chi connectivity index (χ0n) is 15.8. The maximum absolute atomic E-state index is 14.3. The Labute approximate surface area is 172 Å². The summed E-state index contributed by atoms with van der Waals surface area (Å²) < 4.78 is 69.3. The molecule has 11 heteroatoms. The van der Waals surface area contributed by atoms with E-state index in [4.69, 9.17) is 0 Å². The van der Waals surface area contributed by atoms with Gasteiger partial charge in [-0.1, -0.05) is 6.07 Å². The number of hydrogen-bond donors (Lipinski definition) is 1. The molecular formula is C20H13F5N4O2. The molecule has 0 aliphatic carbocycles. The highest BCUT2D eigenvalue weighted by Gasteiger charge is 2.33. The first kappa shape index (κ1) is 20.5. The Hall–Kier alpha value is -3.76. The molecule has 1 aliphatic rings. The minimum Gasteiger partial charge on any atom is -0.406 e. The molecular weight excluding hydrogens is 423 g/mol. The Bertz CT molecular complexity index is 1150. The standard InChI is InChI=1S/C20H13F5N4O2/c1-29-9-14-16(19(29)30)18(26-10-5-7-11(8-6-10)31-20(23,24)25)28-17(27-14)15-12(21)3-2-4-13(15)22/h2-8H,9H2,1H3,(H,26,27,28). The number of alkyl halides is 3. The first-order valence-electron chi connectivity index (χ1n) is 8.86. The third-order valence-electron chi connectivity index (χ3n) is 4.47. The van der Waals surface area contributed by atoms with Gasteiger partial charge in [-0.25, -0.2) is 18.7 Å². The van der Waals surface area contributed by atoms with Gasteiger partial charge in [-0.15, -0.1) is 13.2 Å². The van der Waals surface area contributed by atoms with E-state index in [2.05, 4.69) is 20.0 Å². The zero-order chi connectivity index (χ0) is 22.3. The van der Waals surface area contributed by atoms with Gasteiger partial charge in [0.2, 0.25) is 0 Å². The molecule has 1 aromatic heterocycles. The quantitative estimate of drug-likeness (QED) is 0.604. The molecule has 0 unspecified atom stereocenters. The van der Waals surface area contributed by atoms with Crippen molar-refractivity contribution in [1.29, 1.82) is 0 Å². The molecule has 0 radical (unpaired) electrons. The van der Waals surface area contributed by atoms with Gasteiger partial charge in [0.05, 0.1) is 17.8 Å². The van der Waals surface area contributed by atoms with Crippen molar-refractivity contribution in [3.05, 3.63) is 65.4 Å². The first-order valence-corrected chi connectivity index (χ1v) is 8.86. The molecule has 0 saturated carbocycles. The molecule has 1 amide bonds. The highest BCUT2D eigenvalue weighted by Crippen LogP contribution is 2.33. The summed E-state index contributed by atoms with van der Waals surface area (Å²) in [6.07, 6.45) is -4.84. The van der Waals surface area contributed by atoms with E-state index in [1.807, 2.05) is 0 Å². The van der Waals surface area contributed by atoms with Crippen molar-refractivity contribution in [3.63, 3.8) is 0 Å². The smallest absolute Gasteiger partial charge is 0.406 e. The number of hydrogen-bond acceptors (Lipinski definition) is 5. The van der Waals surface area contributed by atoms with Crippen molar-refractivity contribution in [2.75, 3.05) is 12.4 Å². The summed E-state index contributed by atoms with van der Waals surface area (Å²) in [5.41, 5.74) is 0.195. The third kappa shape index (κ3) is 4.11. The minimum absolute atomic E-state index is 0.0264. The Balaban J connectivity index is 1.75. The second-order valence-corrected chi connectivity index (χ2v) is 6.67. The fourth-order valence-corrected chi connectivity index (χ4v) is 3.12. The number of halogens is 5. The van der Waals surface area contributed by atoms with E-state index in [1.165, 1.54) is 30.1 Å². The molecule has 1 aliphatic heterocycles. The molecule has 0 atom stereocenters. The lowest BCUT2D eigenvalue weighted by Crippen LogP contribution is -2.18. The van der Waals surface area contributed by atoms with E-state index in [0.717, 1.165) is 24.3 Å². The SMILES string of the molecule is CN1Cc2nc(-c3c(F)cccc3F)nc(Nc3ccc(OC(F)(F)F)cc3)c2C1=O. The molecule has 1 N–H and O–H groups in total. The Morgan fingerprint density at radius 3 is 2.26 bits per heavy atom. The van der Waals surface area contributed by atoms with Crippen LogP contribution < -0.4 is 10.1 Å². The Morgan fingerprint density at radius 1 is 1.00 bits per heavy atom. The van der Waals surface area contributed by atoms with E-state index < -0.39 is 35.2 Å². The summed E-state index contributed by atoms with van der Waals surface area (Å²) in [4.78, 5) is 22.2. The van der Waals surface area contributed by atoms with Crippen LogP contribution in [0.15, 0.2) is 42.5 Å². The fourth-order valence-electron chi connectivity index (χ4n) is 3.12. The molecule has 2 aromatic carbocycles. The number of amides is 1. The van der Waals surface area contributed by atoms with Crippen molar-refractivity contribution in [1.82, 2.24) is 14.9 Å². The monoisotopic (exact) mass is 436 g/mol. The summed E-state index contributed by atoms with van der Waals surface area (Å²) in [7, 11) is 1.53. The van der Waals surface area contributed by atoms with Crippen molar-refractivity contribution in [3.8, 4) is 17.1 Å². The number of aromatic nitrogens is 2. The normalized spacial score (nSPS) is 13.4. The number of carbonyl (C=O) groups excluding carboxylic acids is 1. The van der Waals surface area contributed by atoms with Gasteiger partial charge in [0, 0.05) is 12.7 Å². The van der Waals surface area contributed by atoms with Crippen molar-refractivity contribution >= 4 is 17.4 Å². The number of rotatable bonds is 4. The van der Waals surface area contributed by atoms with Crippen molar-refractivity contribution in [2.45, 2.75) is 12.9 Å².